The Kier molecular flexibility index (Phi) is 7.05. The molecule has 1 fully saturated rings. The zero-order valence-electron chi connectivity index (χ0n) is 19.7. The highest BCUT2D eigenvalue weighted by atomic mass is 19.1. The standard InChI is InChI=1S/C30H29FN2O2/c31-24-12-8-23(9-13-24)29-20-27(28(21-32-29)22-10-14-25(34)15-11-22)26-6-2-3-7-30(26)35-19-18-33-16-4-1-5-17-33/h2-3,6-15,20-21,34H,1,4-5,16-19H2. The fourth-order valence-corrected chi connectivity index (χ4v) is 4.61. The minimum atomic E-state index is -0.276. The summed E-state index contributed by atoms with van der Waals surface area (Å²) in [7, 11) is 0. The zero-order chi connectivity index (χ0) is 24.0. The molecule has 1 saturated heterocycles. The first-order chi connectivity index (χ1) is 17.2. The van der Waals surface area contributed by atoms with Crippen molar-refractivity contribution in [2.24, 2.45) is 0 Å². The average Bonchev–Trinajstić information content (AvgIpc) is 2.90. The van der Waals surface area contributed by atoms with Crippen LogP contribution in [0.5, 0.6) is 11.5 Å². The Morgan fingerprint density at radius 1 is 0.800 bits per heavy atom. The maximum atomic E-state index is 13.5. The van der Waals surface area contributed by atoms with E-state index >= 15 is 0 Å². The fourth-order valence-electron chi connectivity index (χ4n) is 4.61. The van der Waals surface area contributed by atoms with Crippen LogP contribution in [0.3, 0.4) is 0 Å². The lowest BCUT2D eigenvalue weighted by Gasteiger charge is -2.26. The first-order valence-electron chi connectivity index (χ1n) is 12.2. The van der Waals surface area contributed by atoms with Gasteiger partial charge in [0.15, 0.2) is 0 Å². The Bertz CT molecular complexity index is 1270. The van der Waals surface area contributed by atoms with Gasteiger partial charge in [-0.2, -0.15) is 0 Å². The van der Waals surface area contributed by atoms with Crippen LogP contribution in [-0.2, 0) is 0 Å². The summed E-state index contributed by atoms with van der Waals surface area (Å²) in [6, 6.07) is 23.6. The third-order valence-electron chi connectivity index (χ3n) is 6.51. The number of halogens is 1. The minimum Gasteiger partial charge on any atom is -0.508 e. The van der Waals surface area contributed by atoms with Gasteiger partial charge in [0.25, 0.3) is 0 Å². The molecule has 4 aromatic rings. The summed E-state index contributed by atoms with van der Waals surface area (Å²) in [6.45, 7) is 3.82. The van der Waals surface area contributed by atoms with Gasteiger partial charge in [-0.15, -0.1) is 0 Å². The molecule has 0 radical (unpaired) electrons. The highest BCUT2D eigenvalue weighted by molar-refractivity contribution is 5.88. The van der Waals surface area contributed by atoms with Crippen LogP contribution in [0.25, 0.3) is 33.5 Å². The second-order valence-corrected chi connectivity index (χ2v) is 8.92. The van der Waals surface area contributed by atoms with Crippen LogP contribution in [0, 0.1) is 5.82 Å². The van der Waals surface area contributed by atoms with E-state index in [2.05, 4.69) is 16.0 Å². The molecule has 5 rings (SSSR count). The summed E-state index contributed by atoms with van der Waals surface area (Å²) in [5.74, 6) is 0.760. The van der Waals surface area contributed by atoms with Crippen molar-refractivity contribution in [3.63, 3.8) is 0 Å². The van der Waals surface area contributed by atoms with E-state index in [-0.39, 0.29) is 11.6 Å². The van der Waals surface area contributed by atoms with Crippen molar-refractivity contribution < 1.29 is 14.2 Å². The van der Waals surface area contributed by atoms with E-state index < -0.39 is 0 Å². The van der Waals surface area contributed by atoms with Crippen LogP contribution in [0.2, 0.25) is 0 Å². The molecule has 1 aliphatic rings. The van der Waals surface area contributed by atoms with E-state index in [1.807, 2.05) is 42.6 Å². The van der Waals surface area contributed by atoms with Crippen molar-refractivity contribution in [2.75, 3.05) is 26.2 Å². The van der Waals surface area contributed by atoms with Crippen molar-refractivity contribution in [2.45, 2.75) is 19.3 Å². The molecule has 1 aromatic heterocycles. The van der Waals surface area contributed by atoms with Crippen molar-refractivity contribution in [3.05, 3.63) is 90.9 Å². The number of rotatable bonds is 7. The van der Waals surface area contributed by atoms with E-state index in [0.29, 0.717) is 6.61 Å². The molecule has 0 bridgehead atoms. The van der Waals surface area contributed by atoms with Crippen LogP contribution < -0.4 is 4.74 Å². The van der Waals surface area contributed by atoms with Gasteiger partial charge in [0.2, 0.25) is 0 Å². The quantitative estimate of drug-likeness (QED) is 0.324. The lowest BCUT2D eigenvalue weighted by Crippen LogP contribution is -2.33. The number of nitrogens with zero attached hydrogens (tertiary/aromatic N) is 2. The molecule has 0 unspecified atom stereocenters. The lowest BCUT2D eigenvalue weighted by molar-refractivity contribution is 0.183. The Morgan fingerprint density at radius 3 is 2.29 bits per heavy atom. The zero-order valence-corrected chi connectivity index (χ0v) is 19.7. The second-order valence-electron chi connectivity index (χ2n) is 8.92. The van der Waals surface area contributed by atoms with E-state index in [0.717, 1.165) is 58.9 Å². The van der Waals surface area contributed by atoms with Crippen molar-refractivity contribution >= 4 is 0 Å². The lowest BCUT2D eigenvalue weighted by atomic mass is 9.94. The number of pyridine rings is 1. The molecule has 5 heteroatoms. The third kappa shape index (κ3) is 5.52. The molecule has 0 amide bonds. The molecule has 1 aliphatic heterocycles. The van der Waals surface area contributed by atoms with Gasteiger partial charge in [-0.05, 0) is 85.6 Å². The number of hydrogen-bond donors (Lipinski definition) is 1. The molecule has 4 nitrogen and oxygen atoms in total. The molecule has 0 atom stereocenters. The highest BCUT2D eigenvalue weighted by Crippen LogP contribution is 2.39. The number of aromatic nitrogens is 1. The first kappa shape index (κ1) is 23.1. The maximum absolute atomic E-state index is 13.5. The first-order valence-corrected chi connectivity index (χ1v) is 12.2. The molecule has 0 saturated carbocycles. The summed E-state index contributed by atoms with van der Waals surface area (Å²) in [5, 5.41) is 9.78. The normalized spacial score (nSPS) is 14.1. The molecule has 0 spiro atoms. The number of phenols is 1. The molecular formula is C30H29FN2O2. The Labute approximate surface area is 205 Å². The summed E-state index contributed by atoms with van der Waals surface area (Å²) < 4.78 is 19.8. The molecular weight excluding hydrogens is 439 g/mol. The van der Waals surface area contributed by atoms with Crippen LogP contribution in [0.15, 0.2) is 85.1 Å². The van der Waals surface area contributed by atoms with Gasteiger partial charge in [-0.1, -0.05) is 36.8 Å². The average molecular weight is 469 g/mol. The van der Waals surface area contributed by atoms with Crippen LogP contribution >= 0.6 is 0 Å². The predicted molar refractivity (Wildman–Crippen MR) is 138 cm³/mol. The Hall–Kier alpha value is -3.70. The maximum Gasteiger partial charge on any atom is 0.127 e. The number of hydrogen-bond acceptors (Lipinski definition) is 4. The number of likely N-dealkylation sites (tertiary alicyclic amines) is 1. The summed E-state index contributed by atoms with van der Waals surface area (Å²) in [4.78, 5) is 7.15. The largest absolute Gasteiger partial charge is 0.508 e. The third-order valence-corrected chi connectivity index (χ3v) is 6.51. The van der Waals surface area contributed by atoms with E-state index in [9.17, 15) is 9.50 Å². The number of aromatic hydroxyl groups is 1. The van der Waals surface area contributed by atoms with Gasteiger partial charge < -0.3 is 9.84 Å². The SMILES string of the molecule is Oc1ccc(-c2cnc(-c3ccc(F)cc3)cc2-c2ccccc2OCCN2CCCCC2)cc1. The molecule has 2 heterocycles. The van der Waals surface area contributed by atoms with E-state index in [4.69, 9.17) is 4.74 Å². The molecule has 0 aliphatic carbocycles. The van der Waals surface area contributed by atoms with Crippen LogP contribution in [0.1, 0.15) is 19.3 Å². The fraction of sp³-hybridized carbons (Fsp3) is 0.233. The van der Waals surface area contributed by atoms with E-state index in [1.54, 1.807) is 24.3 Å². The van der Waals surface area contributed by atoms with Gasteiger partial charge >= 0.3 is 0 Å². The topological polar surface area (TPSA) is 45.6 Å². The summed E-state index contributed by atoms with van der Waals surface area (Å²) >= 11 is 0. The van der Waals surface area contributed by atoms with E-state index in [1.165, 1.54) is 31.4 Å². The smallest absolute Gasteiger partial charge is 0.127 e. The summed E-state index contributed by atoms with van der Waals surface area (Å²) in [5.41, 5.74) is 5.42. The summed E-state index contributed by atoms with van der Waals surface area (Å²) in [6.07, 6.45) is 5.68. The number of piperidine rings is 1. The second kappa shape index (κ2) is 10.7. The van der Waals surface area contributed by atoms with Gasteiger partial charge in [-0.25, -0.2) is 4.39 Å². The molecule has 3 aromatic carbocycles. The van der Waals surface area contributed by atoms with Crippen molar-refractivity contribution in [3.8, 4) is 45.0 Å². The number of benzene rings is 3. The Balaban J connectivity index is 1.52. The van der Waals surface area contributed by atoms with Crippen molar-refractivity contribution in [1.82, 2.24) is 9.88 Å². The highest BCUT2D eigenvalue weighted by Gasteiger charge is 2.16. The molecule has 178 valence electrons. The van der Waals surface area contributed by atoms with Gasteiger partial charge in [0, 0.05) is 29.4 Å². The Morgan fingerprint density at radius 2 is 1.51 bits per heavy atom. The monoisotopic (exact) mass is 468 g/mol. The number of phenolic OH excluding ortho intramolecular Hbond substituents is 1. The minimum absolute atomic E-state index is 0.215. The number of ether oxygens (including phenoxy) is 1. The molecule has 1 N–H and O–H groups in total. The van der Waals surface area contributed by atoms with Crippen LogP contribution in [0.4, 0.5) is 4.39 Å². The van der Waals surface area contributed by atoms with Crippen molar-refractivity contribution in [1.29, 1.82) is 0 Å². The predicted octanol–water partition coefficient (Wildman–Crippen LogP) is 6.79. The molecule has 35 heavy (non-hydrogen) atoms. The van der Waals surface area contributed by atoms with Crippen LogP contribution in [-0.4, -0.2) is 41.2 Å². The number of para-hydroxylation sites is 1. The van der Waals surface area contributed by atoms with Gasteiger partial charge in [-0.3, -0.25) is 9.88 Å². The van der Waals surface area contributed by atoms with Gasteiger partial charge in [0.1, 0.15) is 23.9 Å². The van der Waals surface area contributed by atoms with Gasteiger partial charge in [0.05, 0.1) is 5.69 Å².